The molecule has 0 aliphatic carbocycles. The van der Waals surface area contributed by atoms with Crippen LogP contribution in [0.3, 0.4) is 0 Å². The summed E-state index contributed by atoms with van der Waals surface area (Å²) in [6.45, 7) is 7.95. The summed E-state index contributed by atoms with van der Waals surface area (Å²) in [4.78, 5) is 11.6. The van der Waals surface area contributed by atoms with Crippen molar-refractivity contribution in [3.8, 4) is 11.5 Å². The summed E-state index contributed by atoms with van der Waals surface area (Å²) in [7, 11) is 0. The van der Waals surface area contributed by atoms with Gasteiger partial charge in [-0.15, -0.1) is 10.2 Å². The summed E-state index contributed by atoms with van der Waals surface area (Å²) in [6, 6.07) is 6.13. The van der Waals surface area contributed by atoms with Gasteiger partial charge in [0.25, 0.3) is 5.22 Å². The minimum atomic E-state index is -0.0408. The maximum Gasteiger partial charge on any atom is 0.277 e. The first kappa shape index (κ1) is 15.6. The summed E-state index contributed by atoms with van der Waals surface area (Å²) < 4.78 is 5.58. The average Bonchev–Trinajstić information content (AvgIpc) is 2.88. The number of hydrogen-bond acceptors (Lipinski definition) is 5. The topological polar surface area (TPSA) is 68.0 Å². The van der Waals surface area contributed by atoms with Crippen molar-refractivity contribution in [2.75, 3.05) is 5.75 Å². The van der Waals surface area contributed by atoms with Crippen molar-refractivity contribution in [3.63, 3.8) is 0 Å². The number of nitrogens with zero attached hydrogens (tertiary/aromatic N) is 2. The van der Waals surface area contributed by atoms with Gasteiger partial charge in [-0.3, -0.25) is 4.79 Å². The van der Waals surface area contributed by atoms with Gasteiger partial charge in [-0.05, 0) is 51.0 Å². The number of amides is 1. The van der Waals surface area contributed by atoms with E-state index in [4.69, 9.17) is 4.42 Å². The van der Waals surface area contributed by atoms with Crippen LogP contribution in [0, 0.1) is 13.8 Å². The van der Waals surface area contributed by atoms with Crippen LogP contribution in [0.25, 0.3) is 11.5 Å². The van der Waals surface area contributed by atoms with Crippen LogP contribution in [0.15, 0.2) is 27.8 Å². The number of carbonyl (C=O) groups excluding carboxylic acids is 1. The molecule has 0 saturated heterocycles. The number of rotatable bonds is 5. The van der Waals surface area contributed by atoms with Gasteiger partial charge in [0, 0.05) is 11.6 Å². The van der Waals surface area contributed by atoms with Gasteiger partial charge < -0.3 is 9.73 Å². The van der Waals surface area contributed by atoms with E-state index in [9.17, 15) is 4.79 Å². The van der Waals surface area contributed by atoms with Gasteiger partial charge in [-0.25, -0.2) is 0 Å². The molecule has 2 rings (SSSR count). The first-order valence-corrected chi connectivity index (χ1v) is 7.77. The minimum absolute atomic E-state index is 0.0408. The van der Waals surface area contributed by atoms with Crippen molar-refractivity contribution in [1.82, 2.24) is 15.5 Å². The van der Waals surface area contributed by atoms with Gasteiger partial charge in [0.05, 0.1) is 5.75 Å². The Morgan fingerprint density at radius 3 is 2.71 bits per heavy atom. The fourth-order valence-electron chi connectivity index (χ4n) is 1.75. The number of thioether (sulfide) groups is 1. The Morgan fingerprint density at radius 1 is 1.29 bits per heavy atom. The first-order valence-electron chi connectivity index (χ1n) is 6.79. The van der Waals surface area contributed by atoms with E-state index in [1.807, 2.05) is 39.0 Å². The minimum Gasteiger partial charge on any atom is -0.411 e. The van der Waals surface area contributed by atoms with E-state index in [1.54, 1.807) is 0 Å². The molecule has 21 heavy (non-hydrogen) atoms. The molecule has 5 nitrogen and oxygen atoms in total. The Morgan fingerprint density at radius 2 is 2.05 bits per heavy atom. The molecule has 0 atom stereocenters. The predicted molar refractivity (Wildman–Crippen MR) is 83.2 cm³/mol. The molecule has 1 aromatic carbocycles. The molecule has 0 bridgehead atoms. The van der Waals surface area contributed by atoms with Gasteiger partial charge in [0.1, 0.15) is 0 Å². The third kappa shape index (κ3) is 4.32. The maximum absolute atomic E-state index is 11.6. The Labute approximate surface area is 128 Å². The summed E-state index contributed by atoms with van der Waals surface area (Å²) in [5.41, 5.74) is 3.29. The molecule has 0 fully saturated rings. The van der Waals surface area contributed by atoms with Crippen LogP contribution in [0.1, 0.15) is 25.0 Å². The molecule has 112 valence electrons. The number of aryl methyl sites for hydroxylation is 2. The zero-order valence-corrected chi connectivity index (χ0v) is 13.5. The Balaban J connectivity index is 2.01. The van der Waals surface area contributed by atoms with Crippen molar-refractivity contribution < 1.29 is 9.21 Å². The summed E-state index contributed by atoms with van der Waals surface area (Å²) >= 11 is 1.24. The first-order chi connectivity index (χ1) is 9.95. The van der Waals surface area contributed by atoms with Crippen LogP contribution in [0.2, 0.25) is 0 Å². The lowest BCUT2D eigenvalue weighted by molar-refractivity contribution is -0.119. The largest absolute Gasteiger partial charge is 0.411 e. The average molecular weight is 305 g/mol. The van der Waals surface area contributed by atoms with E-state index in [-0.39, 0.29) is 17.7 Å². The lowest BCUT2D eigenvalue weighted by Gasteiger charge is -2.06. The molecule has 0 aliphatic heterocycles. The molecular formula is C15H19N3O2S. The fourth-order valence-corrected chi connectivity index (χ4v) is 2.32. The van der Waals surface area contributed by atoms with Crippen molar-refractivity contribution in [3.05, 3.63) is 29.3 Å². The Hall–Kier alpha value is -1.82. The van der Waals surface area contributed by atoms with Crippen molar-refractivity contribution in [2.24, 2.45) is 0 Å². The van der Waals surface area contributed by atoms with Crippen LogP contribution in [0.5, 0.6) is 0 Å². The SMILES string of the molecule is Cc1ccc(-c2nnc(SCC(=O)NC(C)C)o2)cc1C. The highest BCUT2D eigenvalue weighted by atomic mass is 32.2. The van der Waals surface area contributed by atoms with Gasteiger partial charge in [-0.2, -0.15) is 0 Å². The molecule has 2 aromatic rings. The summed E-state index contributed by atoms with van der Waals surface area (Å²) in [5.74, 6) is 0.706. The number of aromatic nitrogens is 2. The predicted octanol–water partition coefficient (Wildman–Crippen LogP) is 2.97. The lowest BCUT2D eigenvalue weighted by atomic mass is 10.1. The third-order valence-electron chi connectivity index (χ3n) is 2.94. The molecule has 1 aromatic heterocycles. The molecule has 0 spiro atoms. The maximum atomic E-state index is 11.6. The van der Waals surface area contributed by atoms with Crippen LogP contribution < -0.4 is 5.32 Å². The fraction of sp³-hybridized carbons (Fsp3) is 0.400. The highest BCUT2D eigenvalue weighted by Crippen LogP contribution is 2.24. The molecule has 1 N–H and O–H groups in total. The standard InChI is InChI=1S/C15H19N3O2S/c1-9(2)16-13(19)8-21-15-18-17-14(20-15)12-6-5-10(3)11(4)7-12/h5-7,9H,8H2,1-4H3,(H,16,19). The Kier molecular flexibility index (Phi) is 5.01. The number of carbonyl (C=O) groups is 1. The van der Waals surface area contributed by atoms with Crippen molar-refractivity contribution in [2.45, 2.75) is 39.0 Å². The zero-order valence-electron chi connectivity index (χ0n) is 12.6. The van der Waals surface area contributed by atoms with Crippen LogP contribution in [-0.4, -0.2) is 27.9 Å². The third-order valence-corrected chi connectivity index (χ3v) is 3.76. The summed E-state index contributed by atoms with van der Waals surface area (Å²) in [6.07, 6.45) is 0. The molecular weight excluding hydrogens is 286 g/mol. The van der Waals surface area contributed by atoms with Gasteiger partial charge >= 0.3 is 0 Å². The monoisotopic (exact) mass is 305 g/mol. The van der Waals surface area contributed by atoms with Crippen molar-refractivity contribution >= 4 is 17.7 Å². The van der Waals surface area contributed by atoms with Crippen molar-refractivity contribution in [1.29, 1.82) is 0 Å². The van der Waals surface area contributed by atoms with Crippen LogP contribution >= 0.6 is 11.8 Å². The highest BCUT2D eigenvalue weighted by molar-refractivity contribution is 7.99. The van der Waals surface area contributed by atoms with E-state index >= 15 is 0 Å². The van der Waals surface area contributed by atoms with E-state index in [1.165, 1.54) is 22.9 Å². The normalized spacial score (nSPS) is 10.9. The molecule has 6 heteroatoms. The zero-order chi connectivity index (χ0) is 15.4. The van der Waals surface area contributed by atoms with E-state index in [0.717, 1.165) is 5.56 Å². The molecule has 0 radical (unpaired) electrons. The van der Waals surface area contributed by atoms with Gasteiger partial charge in [0.2, 0.25) is 11.8 Å². The van der Waals surface area contributed by atoms with Crippen LogP contribution in [-0.2, 0) is 4.79 Å². The smallest absolute Gasteiger partial charge is 0.277 e. The molecule has 1 heterocycles. The molecule has 0 aliphatic rings. The summed E-state index contributed by atoms with van der Waals surface area (Å²) in [5, 5.41) is 11.2. The number of hydrogen-bond donors (Lipinski definition) is 1. The second-order valence-electron chi connectivity index (χ2n) is 5.18. The van der Waals surface area contributed by atoms with E-state index in [0.29, 0.717) is 11.1 Å². The molecule has 1 amide bonds. The van der Waals surface area contributed by atoms with E-state index in [2.05, 4.69) is 22.4 Å². The quantitative estimate of drug-likeness (QED) is 0.860. The van der Waals surface area contributed by atoms with Gasteiger partial charge in [-0.1, -0.05) is 17.8 Å². The second kappa shape index (κ2) is 6.76. The van der Waals surface area contributed by atoms with Gasteiger partial charge in [0.15, 0.2) is 0 Å². The Bertz CT molecular complexity index is 638. The number of nitrogens with one attached hydrogen (secondary N) is 1. The number of benzene rings is 1. The highest BCUT2D eigenvalue weighted by Gasteiger charge is 2.12. The molecule has 0 unspecified atom stereocenters. The van der Waals surface area contributed by atoms with E-state index < -0.39 is 0 Å². The second-order valence-corrected chi connectivity index (χ2v) is 6.11. The van der Waals surface area contributed by atoms with Crippen LogP contribution in [0.4, 0.5) is 0 Å². The lowest BCUT2D eigenvalue weighted by Crippen LogP contribution is -2.31. The molecule has 0 saturated carbocycles.